The van der Waals surface area contributed by atoms with Gasteiger partial charge < -0.3 is 5.73 Å². The Bertz CT molecular complexity index is 467. The quantitative estimate of drug-likeness (QED) is 0.870. The zero-order chi connectivity index (χ0) is 10.1. The van der Waals surface area contributed by atoms with Crippen molar-refractivity contribution in [3.05, 3.63) is 27.7 Å². The highest BCUT2D eigenvalue weighted by atomic mass is 79.9. The summed E-state index contributed by atoms with van der Waals surface area (Å²) < 4.78 is 3.11. The van der Waals surface area contributed by atoms with Gasteiger partial charge in [0.15, 0.2) is 5.82 Å². The minimum atomic E-state index is 0.390. The summed E-state index contributed by atoms with van der Waals surface area (Å²) in [4.78, 5) is 7.90. The van der Waals surface area contributed by atoms with Gasteiger partial charge in [-0.25, -0.2) is 14.6 Å². The number of halogens is 2. The standard InChI is InChI=1S/C7H5Br2N5/c8-4-1-13-14(2-4)7-5(9)6(10)11-3-12-7/h1-3H,(H2,10,11,12). The first-order valence-electron chi connectivity index (χ1n) is 3.65. The molecule has 0 aliphatic heterocycles. The fourth-order valence-corrected chi connectivity index (χ4v) is 1.62. The first-order valence-corrected chi connectivity index (χ1v) is 5.23. The highest BCUT2D eigenvalue weighted by Gasteiger charge is 2.08. The van der Waals surface area contributed by atoms with E-state index in [9.17, 15) is 0 Å². The minimum Gasteiger partial charge on any atom is -0.383 e. The van der Waals surface area contributed by atoms with Crippen LogP contribution in [0.25, 0.3) is 5.82 Å². The third kappa shape index (κ3) is 1.64. The topological polar surface area (TPSA) is 69.6 Å². The van der Waals surface area contributed by atoms with Crippen molar-refractivity contribution in [1.82, 2.24) is 19.7 Å². The van der Waals surface area contributed by atoms with Crippen LogP contribution in [-0.2, 0) is 0 Å². The molecule has 0 saturated carbocycles. The Morgan fingerprint density at radius 3 is 2.71 bits per heavy atom. The van der Waals surface area contributed by atoms with Gasteiger partial charge in [0.2, 0.25) is 0 Å². The lowest BCUT2D eigenvalue weighted by molar-refractivity contribution is 0.835. The Balaban J connectivity index is 2.57. The van der Waals surface area contributed by atoms with Gasteiger partial charge in [-0.1, -0.05) is 0 Å². The highest BCUT2D eigenvalue weighted by molar-refractivity contribution is 9.11. The van der Waals surface area contributed by atoms with Crippen molar-refractivity contribution in [2.45, 2.75) is 0 Å². The molecule has 0 amide bonds. The van der Waals surface area contributed by atoms with Crippen LogP contribution in [0.4, 0.5) is 5.82 Å². The SMILES string of the molecule is Nc1ncnc(-n2cc(Br)cn2)c1Br. The number of nitrogens with zero attached hydrogens (tertiary/aromatic N) is 4. The lowest BCUT2D eigenvalue weighted by Crippen LogP contribution is -2.03. The summed E-state index contributed by atoms with van der Waals surface area (Å²) in [6.45, 7) is 0. The van der Waals surface area contributed by atoms with Gasteiger partial charge in [-0.15, -0.1) is 0 Å². The Kier molecular flexibility index (Phi) is 2.51. The van der Waals surface area contributed by atoms with Crippen LogP contribution in [-0.4, -0.2) is 19.7 Å². The van der Waals surface area contributed by atoms with Gasteiger partial charge in [-0.2, -0.15) is 5.10 Å². The summed E-state index contributed by atoms with van der Waals surface area (Å²) in [5.41, 5.74) is 5.61. The predicted molar refractivity (Wildman–Crippen MR) is 59.0 cm³/mol. The third-order valence-electron chi connectivity index (χ3n) is 1.57. The molecule has 2 rings (SSSR count). The lowest BCUT2D eigenvalue weighted by atomic mass is 10.5. The maximum atomic E-state index is 5.61. The van der Waals surface area contributed by atoms with Gasteiger partial charge >= 0.3 is 0 Å². The second-order valence-corrected chi connectivity index (χ2v) is 4.21. The Morgan fingerprint density at radius 1 is 1.29 bits per heavy atom. The van der Waals surface area contributed by atoms with Crippen molar-refractivity contribution >= 4 is 37.7 Å². The van der Waals surface area contributed by atoms with Crippen LogP contribution in [0.5, 0.6) is 0 Å². The second kappa shape index (κ2) is 3.66. The molecule has 2 N–H and O–H groups in total. The number of nitrogen functional groups attached to an aromatic ring is 1. The zero-order valence-corrected chi connectivity index (χ0v) is 10.0. The summed E-state index contributed by atoms with van der Waals surface area (Å²) in [5.74, 6) is 1.00. The zero-order valence-electron chi connectivity index (χ0n) is 6.85. The van der Waals surface area contributed by atoms with Gasteiger partial charge in [0.05, 0.1) is 10.7 Å². The molecule has 0 unspecified atom stereocenters. The molecule has 0 aliphatic rings. The fraction of sp³-hybridized carbons (Fsp3) is 0. The largest absolute Gasteiger partial charge is 0.383 e. The van der Waals surface area contributed by atoms with Gasteiger partial charge in [-0.05, 0) is 31.9 Å². The molecule has 2 heterocycles. The number of nitrogens with two attached hydrogens (primary N) is 1. The fourth-order valence-electron chi connectivity index (χ4n) is 0.950. The van der Waals surface area contributed by atoms with Gasteiger partial charge in [0.1, 0.15) is 16.6 Å². The maximum Gasteiger partial charge on any atom is 0.173 e. The molecule has 7 heteroatoms. The smallest absolute Gasteiger partial charge is 0.173 e. The highest BCUT2D eigenvalue weighted by Crippen LogP contribution is 2.23. The molecule has 0 bridgehead atoms. The molecule has 72 valence electrons. The van der Waals surface area contributed by atoms with Crippen molar-refractivity contribution in [3.8, 4) is 5.82 Å². The van der Waals surface area contributed by atoms with E-state index in [1.165, 1.54) is 6.33 Å². The van der Waals surface area contributed by atoms with E-state index in [4.69, 9.17) is 5.73 Å². The normalized spacial score (nSPS) is 10.4. The van der Waals surface area contributed by atoms with E-state index in [0.717, 1.165) is 4.47 Å². The first-order chi connectivity index (χ1) is 6.68. The van der Waals surface area contributed by atoms with Crippen LogP contribution in [0.1, 0.15) is 0 Å². The number of anilines is 1. The molecule has 5 nitrogen and oxygen atoms in total. The van der Waals surface area contributed by atoms with E-state index in [1.807, 2.05) is 0 Å². The Hall–Kier alpha value is -0.950. The van der Waals surface area contributed by atoms with E-state index in [0.29, 0.717) is 16.1 Å². The Morgan fingerprint density at radius 2 is 2.07 bits per heavy atom. The molecule has 0 saturated heterocycles. The van der Waals surface area contributed by atoms with Gasteiger partial charge in [0, 0.05) is 6.20 Å². The molecule has 0 radical (unpaired) electrons. The number of hydrogen-bond acceptors (Lipinski definition) is 4. The van der Waals surface area contributed by atoms with E-state index in [2.05, 4.69) is 46.9 Å². The lowest BCUT2D eigenvalue weighted by Gasteiger charge is -2.03. The van der Waals surface area contributed by atoms with Crippen LogP contribution in [0, 0.1) is 0 Å². The molecule has 2 aromatic heterocycles. The minimum absolute atomic E-state index is 0.390. The molecule has 14 heavy (non-hydrogen) atoms. The second-order valence-electron chi connectivity index (χ2n) is 2.50. The first kappa shape index (κ1) is 9.60. The van der Waals surface area contributed by atoms with Crippen LogP contribution >= 0.6 is 31.9 Å². The van der Waals surface area contributed by atoms with Crippen molar-refractivity contribution in [3.63, 3.8) is 0 Å². The molecule has 0 aromatic carbocycles. The summed E-state index contributed by atoms with van der Waals surface area (Å²) in [6, 6.07) is 0. The van der Waals surface area contributed by atoms with Crippen molar-refractivity contribution in [1.29, 1.82) is 0 Å². The van der Waals surface area contributed by atoms with Crippen LogP contribution in [0.2, 0.25) is 0 Å². The number of hydrogen-bond donors (Lipinski definition) is 1. The van der Waals surface area contributed by atoms with Crippen molar-refractivity contribution < 1.29 is 0 Å². The van der Waals surface area contributed by atoms with Crippen LogP contribution in [0.15, 0.2) is 27.7 Å². The van der Waals surface area contributed by atoms with Gasteiger partial charge in [-0.3, -0.25) is 0 Å². The predicted octanol–water partition coefficient (Wildman–Crippen LogP) is 1.77. The van der Waals surface area contributed by atoms with Crippen LogP contribution in [0.3, 0.4) is 0 Å². The molecule has 0 atom stereocenters. The summed E-state index contributed by atoms with van der Waals surface area (Å²) >= 11 is 6.60. The number of rotatable bonds is 1. The van der Waals surface area contributed by atoms with Crippen molar-refractivity contribution in [2.24, 2.45) is 0 Å². The van der Waals surface area contributed by atoms with E-state index >= 15 is 0 Å². The molecular weight excluding hydrogens is 314 g/mol. The summed E-state index contributed by atoms with van der Waals surface area (Å²) in [6.07, 6.45) is 4.85. The average Bonchev–Trinajstić information content (AvgIpc) is 2.57. The van der Waals surface area contributed by atoms with E-state index < -0.39 is 0 Å². The van der Waals surface area contributed by atoms with Crippen LogP contribution < -0.4 is 5.73 Å². The summed E-state index contributed by atoms with van der Waals surface area (Å²) in [5, 5.41) is 4.08. The maximum absolute atomic E-state index is 5.61. The Labute approximate surface area is 96.6 Å². The average molecular weight is 319 g/mol. The molecule has 0 fully saturated rings. The summed E-state index contributed by atoms with van der Waals surface area (Å²) in [7, 11) is 0. The number of aromatic nitrogens is 4. The monoisotopic (exact) mass is 317 g/mol. The molecule has 2 aromatic rings. The molecule has 0 spiro atoms. The molecule has 0 aliphatic carbocycles. The van der Waals surface area contributed by atoms with E-state index in [1.54, 1.807) is 17.1 Å². The van der Waals surface area contributed by atoms with Crippen molar-refractivity contribution in [2.75, 3.05) is 5.73 Å². The molecular formula is C7H5Br2N5. The third-order valence-corrected chi connectivity index (χ3v) is 2.74. The van der Waals surface area contributed by atoms with Gasteiger partial charge in [0.25, 0.3) is 0 Å². The van der Waals surface area contributed by atoms with E-state index in [-0.39, 0.29) is 0 Å².